The Labute approximate surface area is 103 Å². The fourth-order valence-electron chi connectivity index (χ4n) is 1.90. The molecule has 5 heteroatoms. The number of para-hydroxylation sites is 1. The smallest absolute Gasteiger partial charge is 0.283 e. The van der Waals surface area contributed by atoms with Crippen molar-refractivity contribution < 1.29 is 0 Å². The van der Waals surface area contributed by atoms with E-state index in [1.54, 1.807) is 29.3 Å². The highest BCUT2D eigenvalue weighted by atomic mass is 32.2. The highest BCUT2D eigenvalue weighted by molar-refractivity contribution is 7.97. The molecule has 1 aromatic heterocycles. The van der Waals surface area contributed by atoms with Crippen LogP contribution >= 0.6 is 11.8 Å². The lowest BCUT2D eigenvalue weighted by Crippen LogP contribution is -2.39. The van der Waals surface area contributed by atoms with Crippen LogP contribution in [-0.2, 0) is 12.4 Å². The van der Waals surface area contributed by atoms with Crippen LogP contribution in [0, 0.1) is 0 Å². The first kappa shape index (κ1) is 12.0. The fraction of sp³-hybridized carbons (Fsp3) is 0.333. The van der Waals surface area contributed by atoms with E-state index in [1.165, 1.54) is 4.57 Å². The van der Waals surface area contributed by atoms with Gasteiger partial charge in [0.25, 0.3) is 5.56 Å². The lowest BCUT2D eigenvalue weighted by molar-refractivity contribution is 0.637. The highest BCUT2D eigenvalue weighted by Gasteiger charge is 2.10. The fourth-order valence-corrected chi connectivity index (χ4v) is 2.41. The largest absolute Gasteiger partial charge is 0.332 e. The number of nitrogens with zero attached hydrogens (tertiary/aromatic N) is 2. The summed E-state index contributed by atoms with van der Waals surface area (Å²) in [6, 6.07) is 7.24. The Hall–Kier alpha value is -1.49. The van der Waals surface area contributed by atoms with Crippen LogP contribution in [0.15, 0.2) is 33.9 Å². The van der Waals surface area contributed by atoms with Gasteiger partial charge in [-0.3, -0.25) is 13.9 Å². The van der Waals surface area contributed by atoms with Gasteiger partial charge in [0.05, 0.1) is 16.8 Å². The first-order valence-corrected chi connectivity index (χ1v) is 6.81. The zero-order valence-corrected chi connectivity index (χ0v) is 10.7. The van der Waals surface area contributed by atoms with Crippen molar-refractivity contribution in [3.63, 3.8) is 0 Å². The zero-order chi connectivity index (χ0) is 12.4. The van der Waals surface area contributed by atoms with Gasteiger partial charge in [0.2, 0.25) is 0 Å². The molecule has 2 rings (SSSR count). The summed E-state index contributed by atoms with van der Waals surface area (Å²) in [5.41, 5.74) is 0.276. The van der Waals surface area contributed by atoms with Gasteiger partial charge in [-0.05, 0) is 25.3 Å². The van der Waals surface area contributed by atoms with Gasteiger partial charge in [0.15, 0.2) is 0 Å². The van der Waals surface area contributed by atoms with E-state index >= 15 is 0 Å². The Morgan fingerprint density at radius 1 is 1.18 bits per heavy atom. The normalized spacial score (nSPS) is 10.9. The molecule has 0 aliphatic carbocycles. The molecule has 0 aliphatic heterocycles. The van der Waals surface area contributed by atoms with Gasteiger partial charge in [-0.15, -0.1) is 11.8 Å². The van der Waals surface area contributed by atoms with Crippen LogP contribution < -0.4 is 11.2 Å². The lowest BCUT2D eigenvalue weighted by atomic mass is 10.2. The average molecular weight is 250 g/mol. The monoisotopic (exact) mass is 250 g/mol. The number of thioether (sulfide) groups is 1. The van der Waals surface area contributed by atoms with E-state index in [1.807, 2.05) is 24.5 Å². The second-order valence-electron chi connectivity index (χ2n) is 3.69. The molecule has 0 amide bonds. The van der Waals surface area contributed by atoms with Gasteiger partial charge >= 0.3 is 5.69 Å². The second kappa shape index (κ2) is 4.79. The summed E-state index contributed by atoms with van der Waals surface area (Å²) in [4.78, 5) is 24.2. The Morgan fingerprint density at radius 2 is 1.88 bits per heavy atom. The van der Waals surface area contributed by atoms with Crippen molar-refractivity contribution in [1.29, 1.82) is 0 Å². The van der Waals surface area contributed by atoms with E-state index in [0.717, 1.165) is 0 Å². The van der Waals surface area contributed by atoms with Crippen molar-refractivity contribution >= 4 is 22.7 Å². The molecule has 0 fully saturated rings. The molecule has 0 atom stereocenters. The molecule has 1 aromatic carbocycles. The summed E-state index contributed by atoms with van der Waals surface area (Å²) >= 11 is 1.56. The average Bonchev–Trinajstić information content (AvgIpc) is 2.35. The van der Waals surface area contributed by atoms with Gasteiger partial charge in [-0.1, -0.05) is 12.1 Å². The number of hydrogen-bond acceptors (Lipinski definition) is 3. The number of aromatic nitrogens is 2. The molecule has 0 aliphatic rings. The Kier molecular flexibility index (Phi) is 3.38. The third-order valence-corrected chi connectivity index (χ3v) is 3.22. The molecular formula is C12H14N2O2S. The number of benzene rings is 1. The molecule has 0 spiro atoms. The topological polar surface area (TPSA) is 44.0 Å². The van der Waals surface area contributed by atoms with Crippen molar-refractivity contribution in [1.82, 2.24) is 9.13 Å². The third kappa shape index (κ3) is 1.91. The summed E-state index contributed by atoms with van der Waals surface area (Å²) in [6.45, 7) is 2.21. The second-order valence-corrected chi connectivity index (χ2v) is 4.53. The summed E-state index contributed by atoms with van der Waals surface area (Å²) in [5, 5.41) is 0.600. The molecule has 2 aromatic rings. The highest BCUT2D eigenvalue weighted by Crippen LogP contribution is 2.09. The minimum absolute atomic E-state index is 0.203. The maximum absolute atomic E-state index is 12.1. The van der Waals surface area contributed by atoms with Gasteiger partial charge in [-0.25, -0.2) is 4.79 Å². The van der Waals surface area contributed by atoms with Crippen molar-refractivity contribution in [2.75, 3.05) is 6.26 Å². The summed E-state index contributed by atoms with van der Waals surface area (Å²) in [6.07, 6.45) is 1.93. The lowest BCUT2D eigenvalue weighted by Gasteiger charge is -2.11. The first-order chi connectivity index (χ1) is 8.20. The van der Waals surface area contributed by atoms with Crippen LogP contribution in [-0.4, -0.2) is 15.4 Å². The third-order valence-electron chi connectivity index (χ3n) is 2.71. The number of rotatable bonds is 3. The number of fused-ring (bicyclic) bond motifs is 1. The molecule has 17 heavy (non-hydrogen) atoms. The minimum atomic E-state index is -0.231. The summed E-state index contributed by atoms with van der Waals surface area (Å²) in [7, 11) is 0. The molecule has 4 nitrogen and oxygen atoms in total. The van der Waals surface area contributed by atoms with Crippen LogP contribution in [0.5, 0.6) is 0 Å². The molecule has 0 saturated heterocycles. The van der Waals surface area contributed by atoms with E-state index in [0.29, 0.717) is 23.3 Å². The van der Waals surface area contributed by atoms with Gasteiger partial charge < -0.3 is 0 Å². The predicted molar refractivity (Wildman–Crippen MR) is 71.7 cm³/mol. The number of hydrogen-bond donors (Lipinski definition) is 0. The molecular weight excluding hydrogens is 236 g/mol. The zero-order valence-electron chi connectivity index (χ0n) is 9.84. The molecule has 1 heterocycles. The maximum Gasteiger partial charge on any atom is 0.332 e. The Bertz CT molecular complexity index is 658. The molecule has 0 unspecified atom stereocenters. The van der Waals surface area contributed by atoms with Gasteiger partial charge in [0.1, 0.15) is 0 Å². The molecule has 0 N–H and O–H groups in total. The van der Waals surface area contributed by atoms with E-state index in [9.17, 15) is 9.59 Å². The predicted octanol–water partition coefficient (Wildman–Crippen LogP) is 1.50. The van der Waals surface area contributed by atoms with Gasteiger partial charge in [-0.2, -0.15) is 0 Å². The Morgan fingerprint density at radius 3 is 2.53 bits per heavy atom. The van der Waals surface area contributed by atoms with Crippen molar-refractivity contribution in [2.24, 2.45) is 0 Å². The molecule has 90 valence electrons. The van der Waals surface area contributed by atoms with Crippen molar-refractivity contribution in [3.05, 3.63) is 45.1 Å². The Balaban J connectivity index is 2.96. The van der Waals surface area contributed by atoms with Crippen LogP contribution in [0.2, 0.25) is 0 Å². The van der Waals surface area contributed by atoms with Gasteiger partial charge in [0, 0.05) is 6.54 Å². The van der Waals surface area contributed by atoms with E-state index < -0.39 is 0 Å². The maximum atomic E-state index is 12.1. The summed E-state index contributed by atoms with van der Waals surface area (Å²) < 4.78 is 2.92. The van der Waals surface area contributed by atoms with E-state index in [4.69, 9.17) is 0 Å². The van der Waals surface area contributed by atoms with Crippen molar-refractivity contribution in [2.45, 2.75) is 19.3 Å². The first-order valence-electron chi connectivity index (χ1n) is 5.42. The van der Waals surface area contributed by atoms with Crippen LogP contribution in [0.4, 0.5) is 0 Å². The molecule has 0 radical (unpaired) electrons. The molecule has 0 saturated carbocycles. The van der Waals surface area contributed by atoms with Crippen LogP contribution in [0.3, 0.4) is 0 Å². The standard InChI is InChI=1S/C12H14N2O2S/c1-3-13-11(15)9-6-4-5-7-10(9)14(8-17-2)12(13)16/h4-7H,3,8H2,1-2H3. The molecule has 0 bridgehead atoms. The summed E-state index contributed by atoms with van der Waals surface area (Å²) in [5.74, 6) is 0.555. The quantitative estimate of drug-likeness (QED) is 0.829. The SMILES string of the molecule is CCn1c(=O)c2ccccc2n(CSC)c1=O. The van der Waals surface area contributed by atoms with E-state index in [-0.39, 0.29) is 11.2 Å². The van der Waals surface area contributed by atoms with E-state index in [2.05, 4.69) is 0 Å². The van der Waals surface area contributed by atoms with Crippen molar-refractivity contribution in [3.8, 4) is 0 Å². The van der Waals surface area contributed by atoms with Crippen LogP contribution in [0.1, 0.15) is 6.92 Å². The van der Waals surface area contributed by atoms with Crippen LogP contribution in [0.25, 0.3) is 10.9 Å². The minimum Gasteiger partial charge on any atom is -0.283 e.